The van der Waals surface area contributed by atoms with Crippen LogP contribution in [0.25, 0.3) is 0 Å². The lowest BCUT2D eigenvalue weighted by molar-refractivity contribution is 0.190. The fourth-order valence-corrected chi connectivity index (χ4v) is 3.59. The Kier molecular flexibility index (Phi) is 3.26. The molecule has 2 amide bonds. The van der Waals surface area contributed by atoms with Gasteiger partial charge >= 0.3 is 6.03 Å². The third kappa shape index (κ3) is 2.17. The summed E-state index contributed by atoms with van der Waals surface area (Å²) in [6.07, 6.45) is 5.00. The summed E-state index contributed by atoms with van der Waals surface area (Å²) in [4.78, 5) is 14.6. The Morgan fingerprint density at radius 2 is 2.00 bits per heavy atom. The van der Waals surface area contributed by atoms with E-state index < -0.39 is 0 Å². The largest absolute Gasteiger partial charge is 0.489 e. The van der Waals surface area contributed by atoms with Crippen molar-refractivity contribution in [2.75, 3.05) is 6.61 Å². The van der Waals surface area contributed by atoms with Crippen LogP contribution in [0.3, 0.4) is 0 Å². The molecule has 1 atom stereocenters. The van der Waals surface area contributed by atoms with Gasteiger partial charge in [-0.3, -0.25) is 4.90 Å². The van der Waals surface area contributed by atoms with Gasteiger partial charge in [0.25, 0.3) is 0 Å². The molecule has 0 saturated carbocycles. The van der Waals surface area contributed by atoms with Crippen molar-refractivity contribution in [1.82, 2.24) is 10.2 Å². The molecule has 0 radical (unpaired) electrons. The molecule has 0 spiro atoms. The number of carbonyl (C=O) groups excluding carboxylic acids is 1. The predicted octanol–water partition coefficient (Wildman–Crippen LogP) is 3.66. The minimum atomic E-state index is -0.0759. The molecule has 4 heteroatoms. The first-order valence-electron chi connectivity index (χ1n) is 8.08. The van der Waals surface area contributed by atoms with Gasteiger partial charge < -0.3 is 10.1 Å². The third-order valence-corrected chi connectivity index (χ3v) is 4.58. The van der Waals surface area contributed by atoms with E-state index in [9.17, 15) is 4.79 Å². The molecule has 3 aliphatic rings. The molecule has 1 N–H and O–H groups in total. The fourth-order valence-electron chi connectivity index (χ4n) is 3.59. The minimum absolute atomic E-state index is 0.0401. The van der Waals surface area contributed by atoms with Gasteiger partial charge in [-0.15, -0.1) is 0 Å². The van der Waals surface area contributed by atoms with E-state index in [4.69, 9.17) is 4.74 Å². The van der Waals surface area contributed by atoms with Crippen LogP contribution in [-0.2, 0) is 4.74 Å². The van der Waals surface area contributed by atoms with Gasteiger partial charge in [0, 0.05) is 11.6 Å². The lowest BCUT2D eigenvalue weighted by atomic mass is 9.85. The first kappa shape index (κ1) is 14.1. The number of fused-ring (bicyclic) bond motifs is 2. The summed E-state index contributed by atoms with van der Waals surface area (Å²) in [5.74, 6) is 0.913. The molecule has 118 valence electrons. The van der Waals surface area contributed by atoms with E-state index in [1.165, 1.54) is 5.57 Å². The summed E-state index contributed by atoms with van der Waals surface area (Å²) in [7, 11) is 0. The van der Waals surface area contributed by atoms with Gasteiger partial charge in [0.1, 0.15) is 12.4 Å². The number of nitrogens with zero attached hydrogens (tertiary/aromatic N) is 1. The Morgan fingerprint density at radius 3 is 2.74 bits per heavy atom. The van der Waals surface area contributed by atoms with Crippen LogP contribution in [0.1, 0.15) is 31.9 Å². The van der Waals surface area contributed by atoms with Crippen molar-refractivity contribution in [2.24, 2.45) is 0 Å². The van der Waals surface area contributed by atoms with Crippen LogP contribution in [0.2, 0.25) is 0 Å². The second kappa shape index (κ2) is 5.30. The van der Waals surface area contributed by atoms with Gasteiger partial charge in [0.15, 0.2) is 0 Å². The number of amides is 2. The van der Waals surface area contributed by atoms with Gasteiger partial charge in [-0.25, -0.2) is 4.79 Å². The highest BCUT2D eigenvalue weighted by molar-refractivity contribution is 5.82. The molecule has 4 rings (SSSR count). The van der Waals surface area contributed by atoms with Gasteiger partial charge in [0.05, 0.1) is 11.7 Å². The number of allylic oxidation sites excluding steroid dienone is 1. The molecular formula is C19H20N2O2. The number of hydrogen-bond acceptors (Lipinski definition) is 2. The van der Waals surface area contributed by atoms with Crippen LogP contribution in [0.15, 0.2) is 65.1 Å². The van der Waals surface area contributed by atoms with E-state index in [0.29, 0.717) is 6.61 Å². The maximum absolute atomic E-state index is 12.8. The maximum atomic E-state index is 12.8. The lowest BCUT2D eigenvalue weighted by Gasteiger charge is -2.41. The monoisotopic (exact) mass is 308 g/mol. The van der Waals surface area contributed by atoms with Crippen molar-refractivity contribution < 1.29 is 9.53 Å². The van der Waals surface area contributed by atoms with Crippen molar-refractivity contribution in [3.63, 3.8) is 0 Å². The average molecular weight is 308 g/mol. The van der Waals surface area contributed by atoms with Crippen LogP contribution >= 0.6 is 0 Å². The van der Waals surface area contributed by atoms with E-state index >= 15 is 0 Å². The zero-order chi connectivity index (χ0) is 16.0. The van der Waals surface area contributed by atoms with E-state index in [-0.39, 0.29) is 18.1 Å². The standard InChI is InChI=1S/C19H20N2O2/c1-12(2)21-18-14-10-11-23-16(14)9-8-15(18)17(20-19(21)22)13-6-4-3-5-7-13/h3-7,9-10,12,17H,8,11H2,1-2H3,(H,20,22). The van der Waals surface area contributed by atoms with Crippen LogP contribution in [0.4, 0.5) is 4.79 Å². The average Bonchev–Trinajstić information content (AvgIpc) is 3.03. The number of nitrogens with one attached hydrogen (secondary N) is 1. The molecule has 1 unspecified atom stereocenters. The molecule has 2 aliphatic heterocycles. The Labute approximate surface area is 136 Å². The molecule has 0 aromatic heterocycles. The maximum Gasteiger partial charge on any atom is 0.322 e. The summed E-state index contributed by atoms with van der Waals surface area (Å²) < 4.78 is 5.69. The number of urea groups is 1. The molecule has 0 saturated heterocycles. The predicted molar refractivity (Wildman–Crippen MR) is 88.5 cm³/mol. The van der Waals surface area contributed by atoms with Crippen molar-refractivity contribution in [2.45, 2.75) is 32.4 Å². The van der Waals surface area contributed by atoms with Gasteiger partial charge in [-0.2, -0.15) is 0 Å². The molecule has 1 aromatic rings. The van der Waals surface area contributed by atoms with Gasteiger partial charge in [-0.1, -0.05) is 30.3 Å². The Hall–Kier alpha value is -2.49. The van der Waals surface area contributed by atoms with Crippen LogP contribution < -0.4 is 5.32 Å². The highest BCUT2D eigenvalue weighted by atomic mass is 16.5. The van der Waals surface area contributed by atoms with E-state index in [1.807, 2.05) is 36.9 Å². The highest BCUT2D eigenvalue weighted by Crippen LogP contribution is 2.43. The first-order valence-corrected chi connectivity index (χ1v) is 8.08. The van der Waals surface area contributed by atoms with Crippen molar-refractivity contribution in [3.8, 4) is 0 Å². The Balaban J connectivity index is 1.87. The second-order valence-corrected chi connectivity index (χ2v) is 6.33. The number of ether oxygens (including phenoxy) is 1. The summed E-state index contributed by atoms with van der Waals surface area (Å²) in [5, 5.41) is 3.18. The molecule has 0 fully saturated rings. The summed E-state index contributed by atoms with van der Waals surface area (Å²) in [5.41, 5.74) is 4.46. The van der Waals surface area contributed by atoms with E-state index in [1.54, 1.807) is 0 Å². The Bertz CT molecular complexity index is 744. The molecule has 4 nitrogen and oxygen atoms in total. The molecule has 1 aliphatic carbocycles. The molecule has 23 heavy (non-hydrogen) atoms. The second-order valence-electron chi connectivity index (χ2n) is 6.33. The number of hydrogen-bond donors (Lipinski definition) is 1. The molecule has 2 heterocycles. The number of carbonyl (C=O) groups is 1. The van der Waals surface area contributed by atoms with Crippen LogP contribution in [0.5, 0.6) is 0 Å². The highest BCUT2D eigenvalue weighted by Gasteiger charge is 2.39. The van der Waals surface area contributed by atoms with Crippen LogP contribution in [0, 0.1) is 0 Å². The summed E-state index contributed by atoms with van der Waals surface area (Å²) in [6, 6.07) is 10.1. The van der Waals surface area contributed by atoms with E-state index in [2.05, 4.69) is 29.6 Å². The van der Waals surface area contributed by atoms with Gasteiger partial charge in [-0.05, 0) is 43.6 Å². The topological polar surface area (TPSA) is 41.6 Å². The number of benzene rings is 1. The molecule has 1 aromatic carbocycles. The Morgan fingerprint density at radius 1 is 1.22 bits per heavy atom. The minimum Gasteiger partial charge on any atom is -0.489 e. The molecule has 0 bridgehead atoms. The van der Waals surface area contributed by atoms with Crippen molar-refractivity contribution in [1.29, 1.82) is 0 Å². The van der Waals surface area contributed by atoms with E-state index in [0.717, 1.165) is 29.0 Å². The zero-order valence-electron chi connectivity index (χ0n) is 13.4. The van der Waals surface area contributed by atoms with Crippen molar-refractivity contribution >= 4 is 6.03 Å². The van der Waals surface area contributed by atoms with Crippen LogP contribution in [-0.4, -0.2) is 23.6 Å². The van der Waals surface area contributed by atoms with Crippen molar-refractivity contribution in [3.05, 3.63) is 70.6 Å². The normalized spacial score (nSPS) is 23.0. The zero-order valence-corrected chi connectivity index (χ0v) is 13.4. The SMILES string of the molecule is CC(C)N1C(=O)NC(c2ccccc2)C2=C1C1=CCOC1=CC2. The smallest absolute Gasteiger partial charge is 0.322 e. The fraction of sp³-hybridized carbons (Fsp3) is 0.316. The lowest BCUT2D eigenvalue weighted by Crippen LogP contribution is -2.50. The first-order chi connectivity index (χ1) is 11.2. The summed E-state index contributed by atoms with van der Waals surface area (Å²) >= 11 is 0. The molecular weight excluding hydrogens is 288 g/mol. The number of rotatable bonds is 2. The summed E-state index contributed by atoms with van der Waals surface area (Å²) in [6.45, 7) is 4.67. The third-order valence-electron chi connectivity index (χ3n) is 4.58. The quantitative estimate of drug-likeness (QED) is 0.906. The van der Waals surface area contributed by atoms with Gasteiger partial charge in [0.2, 0.25) is 0 Å².